The van der Waals surface area contributed by atoms with Crippen molar-refractivity contribution in [3.63, 3.8) is 0 Å². The van der Waals surface area contributed by atoms with E-state index in [1.165, 1.54) is 34.6 Å². The van der Waals surface area contributed by atoms with E-state index in [0.717, 1.165) is 9.87 Å². The van der Waals surface area contributed by atoms with Crippen molar-refractivity contribution in [3.05, 3.63) is 82.9 Å². The number of morpholine rings is 1. The third kappa shape index (κ3) is 7.57. The third-order valence-electron chi connectivity index (χ3n) is 6.46. The standard InChI is InChI=1S/C28H32ClN3O7S2/c1-21-3-9-26(10-4-21)41(36,37)32(27-19-23(29)6-5-22(27)2)20-28(33)30-13-16-39-24-7-11-25(12-8-24)40(34,35)31-14-17-38-18-15-31/h3-12,19H,13-18,20H2,1-2H3,(H,30,33). The molecule has 1 fully saturated rings. The Kier molecular flexibility index (Phi) is 9.92. The highest BCUT2D eigenvalue weighted by molar-refractivity contribution is 7.92. The van der Waals surface area contributed by atoms with Crippen LogP contribution in [0.25, 0.3) is 0 Å². The summed E-state index contributed by atoms with van der Waals surface area (Å²) >= 11 is 6.17. The molecule has 3 aromatic rings. The summed E-state index contributed by atoms with van der Waals surface area (Å²) in [5.41, 5.74) is 1.84. The van der Waals surface area contributed by atoms with Gasteiger partial charge in [0.2, 0.25) is 15.9 Å². The summed E-state index contributed by atoms with van der Waals surface area (Å²) in [6, 6.07) is 17.3. The van der Waals surface area contributed by atoms with Crippen molar-refractivity contribution in [3.8, 4) is 5.75 Å². The number of carbonyl (C=O) groups excluding carboxylic acids is 1. The Labute approximate surface area is 245 Å². The second-order valence-corrected chi connectivity index (χ2v) is 13.7. The number of hydrogen-bond donors (Lipinski definition) is 1. The number of halogens is 1. The fourth-order valence-electron chi connectivity index (χ4n) is 4.18. The molecular formula is C28H32ClN3O7S2. The fourth-order valence-corrected chi connectivity index (χ4v) is 7.23. The number of nitrogens with zero attached hydrogens (tertiary/aromatic N) is 2. The molecule has 1 saturated heterocycles. The van der Waals surface area contributed by atoms with Crippen molar-refractivity contribution in [1.82, 2.24) is 9.62 Å². The molecule has 4 rings (SSSR count). The lowest BCUT2D eigenvalue weighted by atomic mass is 10.2. The molecule has 220 valence electrons. The van der Waals surface area contributed by atoms with E-state index in [9.17, 15) is 21.6 Å². The summed E-state index contributed by atoms with van der Waals surface area (Å²) in [7, 11) is -7.69. The second-order valence-electron chi connectivity index (χ2n) is 9.44. The first-order valence-corrected chi connectivity index (χ1v) is 16.2. The van der Waals surface area contributed by atoms with Crippen molar-refractivity contribution >= 4 is 43.2 Å². The lowest BCUT2D eigenvalue weighted by molar-refractivity contribution is -0.119. The van der Waals surface area contributed by atoms with Crippen molar-refractivity contribution in [2.24, 2.45) is 0 Å². The zero-order chi connectivity index (χ0) is 29.6. The van der Waals surface area contributed by atoms with E-state index in [-0.39, 0.29) is 22.9 Å². The molecule has 0 saturated carbocycles. The molecule has 0 aromatic heterocycles. The van der Waals surface area contributed by atoms with Crippen LogP contribution in [0.3, 0.4) is 0 Å². The van der Waals surface area contributed by atoms with Crippen molar-refractivity contribution in [1.29, 1.82) is 0 Å². The van der Waals surface area contributed by atoms with Crippen LogP contribution in [0.2, 0.25) is 5.02 Å². The highest BCUT2D eigenvalue weighted by Gasteiger charge is 2.29. The molecule has 3 aromatic carbocycles. The molecule has 41 heavy (non-hydrogen) atoms. The van der Waals surface area contributed by atoms with Gasteiger partial charge in [0.15, 0.2) is 0 Å². The fraction of sp³-hybridized carbons (Fsp3) is 0.321. The highest BCUT2D eigenvalue weighted by atomic mass is 35.5. The average Bonchev–Trinajstić information content (AvgIpc) is 2.96. The molecule has 0 radical (unpaired) electrons. The van der Waals surface area contributed by atoms with Crippen LogP contribution in [0, 0.1) is 13.8 Å². The van der Waals surface area contributed by atoms with Gasteiger partial charge in [-0.15, -0.1) is 0 Å². The molecule has 0 unspecified atom stereocenters. The molecule has 0 spiro atoms. The van der Waals surface area contributed by atoms with E-state index in [1.54, 1.807) is 43.3 Å². The number of rotatable bonds is 11. The number of amides is 1. The number of hydrogen-bond acceptors (Lipinski definition) is 7. The molecule has 13 heteroatoms. The largest absolute Gasteiger partial charge is 0.492 e. The van der Waals surface area contributed by atoms with Gasteiger partial charge >= 0.3 is 0 Å². The number of aryl methyl sites for hydroxylation is 2. The van der Waals surface area contributed by atoms with Gasteiger partial charge in [0, 0.05) is 18.1 Å². The molecule has 1 heterocycles. The van der Waals surface area contributed by atoms with E-state index in [2.05, 4.69) is 5.32 Å². The van der Waals surface area contributed by atoms with Crippen LogP contribution >= 0.6 is 11.6 Å². The van der Waals surface area contributed by atoms with Crippen LogP contribution in [-0.4, -0.2) is 73.0 Å². The Balaban J connectivity index is 1.38. The lowest BCUT2D eigenvalue weighted by Crippen LogP contribution is -2.42. The minimum Gasteiger partial charge on any atom is -0.492 e. The quantitative estimate of drug-likeness (QED) is 0.326. The SMILES string of the molecule is Cc1ccc(S(=O)(=O)N(CC(=O)NCCOc2ccc(S(=O)(=O)N3CCOCC3)cc2)c2cc(Cl)ccc2C)cc1. The Morgan fingerprint density at radius 3 is 2.24 bits per heavy atom. The monoisotopic (exact) mass is 621 g/mol. The van der Waals surface area contributed by atoms with Gasteiger partial charge in [-0.05, 0) is 67.9 Å². The Morgan fingerprint density at radius 1 is 0.951 bits per heavy atom. The molecule has 1 N–H and O–H groups in total. The molecule has 1 amide bonds. The molecule has 10 nitrogen and oxygen atoms in total. The maximum atomic E-state index is 13.6. The minimum absolute atomic E-state index is 0.0534. The van der Waals surface area contributed by atoms with E-state index in [4.69, 9.17) is 21.1 Å². The van der Waals surface area contributed by atoms with Crippen LogP contribution in [0.1, 0.15) is 11.1 Å². The Hall–Kier alpha value is -3.16. The summed E-state index contributed by atoms with van der Waals surface area (Å²) in [4.78, 5) is 13.1. The van der Waals surface area contributed by atoms with Crippen molar-refractivity contribution in [2.75, 3.05) is 50.3 Å². The zero-order valence-electron chi connectivity index (χ0n) is 22.7. The number of nitrogens with one attached hydrogen (secondary N) is 1. The van der Waals surface area contributed by atoms with Gasteiger partial charge < -0.3 is 14.8 Å². The van der Waals surface area contributed by atoms with Gasteiger partial charge in [-0.1, -0.05) is 35.4 Å². The van der Waals surface area contributed by atoms with Crippen LogP contribution in [0.5, 0.6) is 5.75 Å². The summed E-state index contributed by atoms with van der Waals surface area (Å²) in [5.74, 6) is -0.103. The van der Waals surface area contributed by atoms with Gasteiger partial charge in [0.1, 0.15) is 18.9 Å². The number of carbonyl (C=O) groups is 1. The average molecular weight is 622 g/mol. The van der Waals surface area contributed by atoms with Gasteiger partial charge in [-0.25, -0.2) is 16.8 Å². The zero-order valence-corrected chi connectivity index (χ0v) is 25.1. The highest BCUT2D eigenvalue weighted by Crippen LogP contribution is 2.29. The van der Waals surface area contributed by atoms with Crippen LogP contribution < -0.4 is 14.4 Å². The van der Waals surface area contributed by atoms with E-state index in [0.29, 0.717) is 48.3 Å². The molecule has 1 aliphatic heterocycles. The number of benzene rings is 3. The Morgan fingerprint density at radius 2 is 1.59 bits per heavy atom. The smallest absolute Gasteiger partial charge is 0.264 e. The maximum absolute atomic E-state index is 13.6. The van der Waals surface area contributed by atoms with Crippen LogP contribution in [0.15, 0.2) is 76.5 Å². The predicted molar refractivity (Wildman–Crippen MR) is 156 cm³/mol. The number of sulfonamides is 2. The van der Waals surface area contributed by atoms with Gasteiger partial charge in [0.25, 0.3) is 10.0 Å². The van der Waals surface area contributed by atoms with Crippen LogP contribution in [-0.2, 0) is 29.6 Å². The first kappa shape index (κ1) is 30.8. The predicted octanol–water partition coefficient (Wildman–Crippen LogP) is 3.37. The number of ether oxygens (including phenoxy) is 2. The van der Waals surface area contributed by atoms with Gasteiger partial charge in [-0.2, -0.15) is 4.31 Å². The first-order valence-electron chi connectivity index (χ1n) is 12.9. The molecule has 0 atom stereocenters. The Bertz CT molecular complexity index is 1570. The molecule has 0 bridgehead atoms. The van der Waals surface area contributed by atoms with Crippen molar-refractivity contribution < 1.29 is 31.1 Å². The number of anilines is 1. The topological polar surface area (TPSA) is 122 Å². The lowest BCUT2D eigenvalue weighted by Gasteiger charge is -2.26. The van der Waals surface area contributed by atoms with Crippen LogP contribution in [0.4, 0.5) is 5.69 Å². The summed E-state index contributed by atoms with van der Waals surface area (Å²) < 4.78 is 66.0. The molecule has 0 aliphatic carbocycles. The molecule has 1 aliphatic rings. The van der Waals surface area contributed by atoms with Gasteiger partial charge in [0.05, 0.1) is 35.2 Å². The van der Waals surface area contributed by atoms with Crippen molar-refractivity contribution in [2.45, 2.75) is 23.6 Å². The minimum atomic E-state index is -4.08. The maximum Gasteiger partial charge on any atom is 0.264 e. The van der Waals surface area contributed by atoms with E-state index < -0.39 is 32.5 Å². The summed E-state index contributed by atoms with van der Waals surface area (Å²) in [6.45, 7) is 4.65. The van der Waals surface area contributed by atoms with E-state index in [1.807, 2.05) is 6.92 Å². The normalized spacial score (nSPS) is 14.4. The summed E-state index contributed by atoms with van der Waals surface area (Å²) in [5, 5.41) is 3.02. The second kappa shape index (κ2) is 13.2. The van der Waals surface area contributed by atoms with E-state index >= 15 is 0 Å². The first-order chi connectivity index (χ1) is 19.5. The molecular weight excluding hydrogens is 590 g/mol. The summed E-state index contributed by atoms with van der Waals surface area (Å²) in [6.07, 6.45) is 0. The van der Waals surface area contributed by atoms with Gasteiger partial charge in [-0.3, -0.25) is 9.10 Å². The third-order valence-corrected chi connectivity index (χ3v) is 10.4.